The van der Waals surface area contributed by atoms with E-state index >= 15 is 0 Å². The second kappa shape index (κ2) is 15.3. The Bertz CT molecular complexity index is 1380. The summed E-state index contributed by atoms with van der Waals surface area (Å²) in [4.78, 5) is 47.5. The van der Waals surface area contributed by atoms with E-state index in [1.165, 1.54) is 11.6 Å². The normalized spacial score (nSPS) is 32.4. The molecule has 4 aliphatic carbocycles. The predicted molar refractivity (Wildman–Crippen MR) is 180 cm³/mol. The summed E-state index contributed by atoms with van der Waals surface area (Å²) in [5.74, 6) is 0.292. The molecule has 9 nitrogen and oxygen atoms in total. The number of carbonyl (C=O) groups is 3. The highest BCUT2D eigenvalue weighted by Crippen LogP contribution is 2.70. The number of fused-ring (bicyclic) bond motifs is 5. The predicted octanol–water partition coefficient (Wildman–Crippen LogP) is 8.17. The fourth-order valence-electron chi connectivity index (χ4n) is 9.74. The van der Waals surface area contributed by atoms with E-state index in [0.717, 1.165) is 89.0 Å². The van der Waals surface area contributed by atoms with Crippen molar-refractivity contribution in [1.29, 1.82) is 0 Å². The van der Waals surface area contributed by atoms with Crippen LogP contribution in [0, 0.1) is 28.6 Å². The lowest BCUT2D eigenvalue weighted by molar-refractivity contribution is -0.178. The first-order valence-electron chi connectivity index (χ1n) is 18.4. The van der Waals surface area contributed by atoms with Crippen LogP contribution in [0.1, 0.15) is 142 Å². The number of allylic oxidation sites excluding steroid dienone is 1. The van der Waals surface area contributed by atoms with Crippen molar-refractivity contribution in [3.05, 3.63) is 46.0 Å². The maximum atomic E-state index is 12.7. The molecule has 5 rings (SSSR count). The lowest BCUT2D eigenvalue weighted by atomic mass is 9.45. The number of hydrogen-bond donors (Lipinski definition) is 1. The lowest BCUT2D eigenvalue weighted by Gasteiger charge is -2.61. The maximum absolute atomic E-state index is 12.7. The summed E-state index contributed by atoms with van der Waals surface area (Å²) < 4.78 is 20.7. The summed E-state index contributed by atoms with van der Waals surface area (Å²) in [5.41, 5.74) is 1.09. The first-order valence-corrected chi connectivity index (χ1v) is 18.4. The molecule has 0 radical (unpaired) electrons. The molecule has 1 N–H and O–H groups in total. The third-order valence-electron chi connectivity index (χ3n) is 12.4. The molecule has 0 amide bonds. The van der Waals surface area contributed by atoms with E-state index in [1.54, 1.807) is 6.26 Å². The van der Waals surface area contributed by atoms with Gasteiger partial charge in [-0.1, -0.05) is 59.0 Å². The first-order chi connectivity index (χ1) is 22.9. The van der Waals surface area contributed by atoms with Crippen LogP contribution < -0.4 is 5.63 Å². The van der Waals surface area contributed by atoms with Crippen molar-refractivity contribution in [2.45, 2.75) is 148 Å². The molecule has 1 heterocycles. The fourth-order valence-corrected chi connectivity index (χ4v) is 9.74. The van der Waals surface area contributed by atoms with Gasteiger partial charge in [-0.05, 0) is 111 Å². The first kappa shape index (κ1) is 36.3. The van der Waals surface area contributed by atoms with Gasteiger partial charge in [0.2, 0.25) is 0 Å². The van der Waals surface area contributed by atoms with Gasteiger partial charge in [0.1, 0.15) is 6.10 Å². The summed E-state index contributed by atoms with van der Waals surface area (Å²) in [7, 11) is 0. The van der Waals surface area contributed by atoms with Gasteiger partial charge in [0.15, 0.2) is 0 Å². The van der Waals surface area contributed by atoms with Crippen LogP contribution in [0.3, 0.4) is 0 Å². The Kier molecular flexibility index (Phi) is 11.6. The molecule has 7 atom stereocenters. The molecule has 1 aromatic heterocycles. The Morgan fingerprint density at radius 1 is 0.896 bits per heavy atom. The molecule has 266 valence electrons. The van der Waals surface area contributed by atoms with E-state index in [9.17, 15) is 24.3 Å². The van der Waals surface area contributed by atoms with E-state index in [0.29, 0.717) is 18.8 Å². The third-order valence-corrected chi connectivity index (χ3v) is 12.4. The molecule has 48 heavy (non-hydrogen) atoms. The molecule has 0 aliphatic heterocycles. The summed E-state index contributed by atoms with van der Waals surface area (Å²) in [6.45, 7) is 8.68. The van der Waals surface area contributed by atoms with Gasteiger partial charge in [-0.15, -0.1) is 0 Å². The van der Waals surface area contributed by atoms with Gasteiger partial charge in [0.25, 0.3) is 0 Å². The highest BCUT2D eigenvalue weighted by atomic mass is 16.7. The van der Waals surface area contributed by atoms with Crippen LogP contribution in [0.2, 0.25) is 0 Å². The van der Waals surface area contributed by atoms with Gasteiger partial charge in [-0.2, -0.15) is 0 Å². The molecule has 0 unspecified atom stereocenters. The molecule has 9 heteroatoms. The van der Waals surface area contributed by atoms with Crippen LogP contribution in [-0.4, -0.2) is 41.5 Å². The SMILES string of the molecule is CC(C)COC(=O)OC(=O)CCCCCCCCC(=O)O[C@@H]1C=C2CC[C@@H]3[C@H](CC[C@]4(C)[C@@H](c5ccc(=O)oc5)CC[C@]34O)[C@@]2(C)CC1. The number of ether oxygens (including phenoxy) is 3. The topological polar surface area (TPSA) is 129 Å². The minimum Gasteiger partial charge on any atom is -0.458 e. The van der Waals surface area contributed by atoms with Crippen LogP contribution in [-0.2, 0) is 23.8 Å². The third kappa shape index (κ3) is 7.76. The van der Waals surface area contributed by atoms with Crippen molar-refractivity contribution in [3.8, 4) is 0 Å². The summed E-state index contributed by atoms with van der Waals surface area (Å²) in [5, 5.41) is 12.5. The summed E-state index contributed by atoms with van der Waals surface area (Å²) in [6.07, 6.45) is 15.8. The van der Waals surface area contributed by atoms with Crippen LogP contribution >= 0.6 is 0 Å². The van der Waals surface area contributed by atoms with Crippen molar-refractivity contribution in [1.82, 2.24) is 0 Å². The minimum absolute atomic E-state index is 0.00825. The lowest BCUT2D eigenvalue weighted by Crippen LogP contribution is -2.60. The van der Waals surface area contributed by atoms with Gasteiger partial charge in [0.05, 0.1) is 18.5 Å². The average molecular weight is 669 g/mol. The minimum atomic E-state index is -0.927. The van der Waals surface area contributed by atoms with Crippen molar-refractivity contribution in [3.63, 3.8) is 0 Å². The van der Waals surface area contributed by atoms with Crippen molar-refractivity contribution in [2.75, 3.05) is 6.61 Å². The number of hydrogen-bond acceptors (Lipinski definition) is 9. The van der Waals surface area contributed by atoms with Crippen molar-refractivity contribution < 1.29 is 38.1 Å². The Labute approximate surface area is 285 Å². The maximum Gasteiger partial charge on any atom is 0.516 e. The molecular formula is C39H56O9. The standard InChI is InChI=1S/C39H56O9/c1-26(2)24-46-36(43)48-35(42)12-10-8-6-5-7-9-11-34(41)47-29-17-20-37(3)28(23-29)14-15-32-31(37)18-21-38(4)30(19-22-39(32,38)44)27-13-16-33(40)45-25-27/h13,16,23,25-26,29-32,44H,5-12,14-15,17-22,24H2,1-4H3/t29-,30+,31-,32+,37-,38+,39-/m0/s1. The van der Waals surface area contributed by atoms with Gasteiger partial charge < -0.3 is 23.7 Å². The molecule has 1 aromatic rings. The number of rotatable bonds is 13. The second-order valence-electron chi connectivity index (χ2n) is 15.8. The van der Waals surface area contributed by atoms with E-state index in [4.69, 9.17) is 13.9 Å². The second-order valence-corrected chi connectivity index (χ2v) is 15.8. The van der Waals surface area contributed by atoms with Crippen LogP contribution in [0.15, 0.2) is 39.3 Å². The van der Waals surface area contributed by atoms with Gasteiger partial charge in [-0.25, -0.2) is 9.59 Å². The Hall–Kier alpha value is -2.94. The van der Waals surface area contributed by atoms with E-state index < -0.39 is 17.7 Å². The molecule has 0 aromatic carbocycles. The summed E-state index contributed by atoms with van der Waals surface area (Å²) in [6, 6.07) is 3.38. The van der Waals surface area contributed by atoms with Crippen LogP contribution in [0.25, 0.3) is 0 Å². The molecule has 3 fully saturated rings. The number of carbonyl (C=O) groups excluding carboxylic acids is 3. The highest BCUT2D eigenvalue weighted by Gasteiger charge is 2.66. The number of aliphatic hydroxyl groups is 1. The number of esters is 2. The largest absolute Gasteiger partial charge is 0.516 e. The molecular weight excluding hydrogens is 612 g/mol. The van der Waals surface area contributed by atoms with Gasteiger partial charge in [0, 0.05) is 24.3 Å². The zero-order valence-corrected chi connectivity index (χ0v) is 29.4. The smallest absolute Gasteiger partial charge is 0.458 e. The molecule has 4 aliphatic rings. The van der Waals surface area contributed by atoms with E-state index in [2.05, 4.69) is 24.7 Å². The monoisotopic (exact) mass is 668 g/mol. The van der Waals surface area contributed by atoms with Crippen molar-refractivity contribution >= 4 is 18.1 Å². The van der Waals surface area contributed by atoms with E-state index in [1.807, 2.05) is 19.9 Å². The average Bonchev–Trinajstić information content (AvgIpc) is 3.32. The molecule has 0 saturated heterocycles. The zero-order valence-electron chi connectivity index (χ0n) is 29.4. The summed E-state index contributed by atoms with van der Waals surface area (Å²) >= 11 is 0. The zero-order chi connectivity index (χ0) is 34.5. The van der Waals surface area contributed by atoms with Crippen LogP contribution in [0.4, 0.5) is 4.79 Å². The van der Waals surface area contributed by atoms with Gasteiger partial charge in [-0.3, -0.25) is 9.59 Å². The van der Waals surface area contributed by atoms with E-state index in [-0.39, 0.29) is 59.3 Å². The number of unbranched alkanes of at least 4 members (excludes halogenated alkanes) is 5. The fraction of sp³-hybridized carbons (Fsp3) is 0.744. The highest BCUT2D eigenvalue weighted by molar-refractivity contribution is 5.81. The van der Waals surface area contributed by atoms with Gasteiger partial charge >= 0.3 is 23.7 Å². The molecule has 0 bridgehead atoms. The Morgan fingerprint density at radius 3 is 2.29 bits per heavy atom. The van der Waals surface area contributed by atoms with Crippen molar-refractivity contribution in [2.24, 2.45) is 28.6 Å². The van der Waals surface area contributed by atoms with Crippen LogP contribution in [0.5, 0.6) is 0 Å². The Morgan fingerprint density at radius 2 is 1.60 bits per heavy atom. The Balaban J connectivity index is 1.03. The quantitative estimate of drug-likeness (QED) is 0.0957. The molecule has 0 spiro atoms. The molecule has 3 saturated carbocycles.